The van der Waals surface area contributed by atoms with Crippen molar-refractivity contribution in [3.8, 4) is 17.6 Å². The maximum atomic E-state index is 13.1. The van der Waals surface area contributed by atoms with Gasteiger partial charge >= 0.3 is 0 Å². The van der Waals surface area contributed by atoms with Gasteiger partial charge in [-0.1, -0.05) is 25.1 Å². The number of hydrogen-bond donors (Lipinski definition) is 3. The summed E-state index contributed by atoms with van der Waals surface area (Å²) in [4.78, 5) is 13.1. The van der Waals surface area contributed by atoms with Gasteiger partial charge in [0.2, 0.25) is 6.79 Å². The van der Waals surface area contributed by atoms with E-state index in [1.165, 1.54) is 5.56 Å². The van der Waals surface area contributed by atoms with Crippen LogP contribution in [0.1, 0.15) is 29.2 Å². The average Bonchev–Trinajstić information content (AvgIpc) is 3.44. The van der Waals surface area contributed by atoms with E-state index in [4.69, 9.17) is 9.47 Å². The highest BCUT2D eigenvalue weighted by Gasteiger charge is 2.29. The number of amides is 1. The predicted molar refractivity (Wildman–Crippen MR) is 127 cm³/mol. The molecule has 7 heteroatoms. The van der Waals surface area contributed by atoms with Crippen LogP contribution < -0.4 is 25.4 Å². The number of nitrogens with one attached hydrogen (secondary N) is 3. The molecule has 33 heavy (non-hydrogen) atoms. The van der Waals surface area contributed by atoms with Gasteiger partial charge in [0, 0.05) is 23.4 Å². The standard InChI is InChI=1S/C26H22N4O3/c1-2-28-14-16-3-7-19(8-4-16)29-25(18-6-10-22-23(12-18)33-15-32-22)24-20-9-5-17(13-27)11-21(20)30-26(24)31/h3-12,28-29H,2,14-15H2,1H3,(H,30,31). The summed E-state index contributed by atoms with van der Waals surface area (Å²) in [5.41, 5.74) is 5.82. The minimum absolute atomic E-state index is 0.172. The molecule has 3 aromatic carbocycles. The maximum absolute atomic E-state index is 13.1. The van der Waals surface area contributed by atoms with Gasteiger partial charge in [0.05, 0.1) is 28.6 Å². The molecule has 0 aromatic heterocycles. The van der Waals surface area contributed by atoms with Crippen molar-refractivity contribution in [1.82, 2.24) is 5.32 Å². The zero-order valence-electron chi connectivity index (χ0n) is 18.1. The Morgan fingerprint density at radius 1 is 1.06 bits per heavy atom. The topological polar surface area (TPSA) is 95.4 Å². The molecule has 2 aliphatic heterocycles. The van der Waals surface area contributed by atoms with Crippen molar-refractivity contribution < 1.29 is 14.3 Å². The molecule has 0 fully saturated rings. The predicted octanol–water partition coefficient (Wildman–Crippen LogP) is 4.33. The maximum Gasteiger partial charge on any atom is 0.258 e. The molecule has 2 heterocycles. The molecule has 0 bridgehead atoms. The number of ether oxygens (including phenoxy) is 2. The number of anilines is 2. The number of carbonyl (C=O) groups is 1. The number of rotatable bonds is 6. The monoisotopic (exact) mass is 438 g/mol. The Bertz CT molecular complexity index is 1310. The molecule has 3 N–H and O–H groups in total. The number of hydrogen-bond acceptors (Lipinski definition) is 6. The van der Waals surface area contributed by atoms with Crippen LogP contribution in [-0.2, 0) is 11.3 Å². The molecule has 1 amide bonds. The Labute approximate surface area is 191 Å². The Morgan fingerprint density at radius 3 is 2.67 bits per heavy atom. The van der Waals surface area contributed by atoms with Crippen molar-refractivity contribution in [1.29, 1.82) is 5.26 Å². The second-order valence-corrected chi connectivity index (χ2v) is 7.75. The summed E-state index contributed by atoms with van der Waals surface area (Å²) in [5, 5.41) is 18.9. The van der Waals surface area contributed by atoms with Crippen molar-refractivity contribution in [3.63, 3.8) is 0 Å². The third-order valence-corrected chi connectivity index (χ3v) is 5.61. The lowest BCUT2D eigenvalue weighted by atomic mass is 9.98. The molecule has 0 radical (unpaired) electrons. The molecule has 164 valence electrons. The number of nitriles is 1. The van der Waals surface area contributed by atoms with Crippen LogP contribution in [-0.4, -0.2) is 19.2 Å². The molecule has 7 nitrogen and oxygen atoms in total. The van der Waals surface area contributed by atoms with Gasteiger partial charge in [-0.15, -0.1) is 0 Å². The van der Waals surface area contributed by atoms with Gasteiger partial charge in [0.15, 0.2) is 11.5 Å². The van der Waals surface area contributed by atoms with Crippen molar-refractivity contribution in [2.75, 3.05) is 24.0 Å². The Kier molecular flexibility index (Phi) is 5.43. The normalized spacial score (nSPS) is 15.0. The number of benzene rings is 3. The van der Waals surface area contributed by atoms with Gasteiger partial charge in [-0.25, -0.2) is 0 Å². The summed E-state index contributed by atoms with van der Waals surface area (Å²) in [6, 6.07) is 21.0. The minimum atomic E-state index is -0.232. The molecular formula is C26H22N4O3. The summed E-state index contributed by atoms with van der Waals surface area (Å²) in [6.45, 7) is 3.95. The first-order valence-electron chi connectivity index (χ1n) is 10.7. The van der Waals surface area contributed by atoms with Crippen LogP contribution in [0, 0.1) is 11.3 Å². The number of fused-ring (bicyclic) bond motifs is 2. The van der Waals surface area contributed by atoms with Gasteiger partial charge < -0.3 is 25.4 Å². The fourth-order valence-electron chi connectivity index (χ4n) is 3.94. The summed E-state index contributed by atoms with van der Waals surface area (Å²) >= 11 is 0. The van der Waals surface area contributed by atoms with Crippen molar-refractivity contribution >= 4 is 28.6 Å². The molecule has 0 unspecified atom stereocenters. The fraction of sp³-hybridized carbons (Fsp3) is 0.154. The first kappa shape index (κ1) is 20.6. The smallest absolute Gasteiger partial charge is 0.258 e. The van der Waals surface area contributed by atoms with Crippen LogP contribution in [0.3, 0.4) is 0 Å². The second kappa shape index (κ2) is 8.69. The van der Waals surface area contributed by atoms with Crippen LogP contribution in [0.4, 0.5) is 11.4 Å². The van der Waals surface area contributed by atoms with E-state index >= 15 is 0 Å². The van der Waals surface area contributed by atoms with Crippen molar-refractivity contribution in [2.24, 2.45) is 0 Å². The Morgan fingerprint density at radius 2 is 1.88 bits per heavy atom. The van der Waals surface area contributed by atoms with E-state index in [1.54, 1.807) is 18.2 Å². The summed E-state index contributed by atoms with van der Waals surface area (Å²) < 4.78 is 11.0. The lowest BCUT2D eigenvalue weighted by Crippen LogP contribution is -2.12. The number of carbonyl (C=O) groups excluding carboxylic acids is 1. The van der Waals surface area contributed by atoms with Gasteiger partial charge in [-0.05, 0) is 54.6 Å². The zero-order valence-corrected chi connectivity index (χ0v) is 18.1. The van der Waals surface area contributed by atoms with E-state index in [0.717, 1.165) is 29.9 Å². The van der Waals surface area contributed by atoms with Gasteiger partial charge in [-0.3, -0.25) is 4.79 Å². The summed E-state index contributed by atoms with van der Waals surface area (Å²) in [6.07, 6.45) is 0. The highest BCUT2D eigenvalue weighted by molar-refractivity contribution is 6.37. The van der Waals surface area contributed by atoms with Crippen molar-refractivity contribution in [2.45, 2.75) is 13.5 Å². The zero-order chi connectivity index (χ0) is 22.8. The molecule has 0 saturated heterocycles. The SMILES string of the molecule is CCNCc1ccc(NC(=C2C(=O)Nc3cc(C#N)ccc32)c2ccc3c(c2)OCO3)cc1. The fourth-order valence-corrected chi connectivity index (χ4v) is 3.94. The first-order chi connectivity index (χ1) is 16.2. The molecule has 0 saturated carbocycles. The van der Waals surface area contributed by atoms with E-state index in [0.29, 0.717) is 34.0 Å². The first-order valence-corrected chi connectivity index (χ1v) is 10.7. The molecular weight excluding hydrogens is 416 g/mol. The number of nitrogens with zero attached hydrogens (tertiary/aromatic N) is 1. The third kappa shape index (κ3) is 4.00. The highest BCUT2D eigenvalue weighted by atomic mass is 16.7. The van der Waals surface area contributed by atoms with Crippen LogP contribution in [0.2, 0.25) is 0 Å². The Balaban J connectivity index is 1.60. The largest absolute Gasteiger partial charge is 0.454 e. The van der Waals surface area contributed by atoms with Crippen LogP contribution in [0.5, 0.6) is 11.5 Å². The molecule has 5 rings (SSSR count). The summed E-state index contributed by atoms with van der Waals surface area (Å²) in [7, 11) is 0. The molecule has 0 spiro atoms. The molecule has 0 atom stereocenters. The Hall–Kier alpha value is -4.28. The molecule has 0 aliphatic carbocycles. The second-order valence-electron chi connectivity index (χ2n) is 7.75. The average molecular weight is 438 g/mol. The van der Waals surface area contributed by atoms with Crippen LogP contribution in [0.25, 0.3) is 11.3 Å². The van der Waals surface area contributed by atoms with E-state index in [2.05, 4.69) is 41.1 Å². The highest BCUT2D eigenvalue weighted by Crippen LogP contribution is 2.40. The van der Waals surface area contributed by atoms with Gasteiger partial charge in [0.1, 0.15) is 0 Å². The lowest BCUT2D eigenvalue weighted by Gasteiger charge is -2.16. The van der Waals surface area contributed by atoms with Gasteiger partial charge in [0.25, 0.3) is 5.91 Å². The quantitative estimate of drug-likeness (QED) is 0.496. The van der Waals surface area contributed by atoms with E-state index in [-0.39, 0.29) is 12.7 Å². The van der Waals surface area contributed by atoms with Crippen molar-refractivity contribution in [3.05, 3.63) is 82.9 Å². The van der Waals surface area contributed by atoms with Gasteiger partial charge in [-0.2, -0.15) is 5.26 Å². The van der Waals surface area contributed by atoms with E-state index in [1.807, 2.05) is 30.3 Å². The third-order valence-electron chi connectivity index (χ3n) is 5.61. The lowest BCUT2D eigenvalue weighted by molar-refractivity contribution is -0.110. The molecule has 2 aliphatic rings. The van der Waals surface area contributed by atoms with Crippen LogP contribution in [0.15, 0.2) is 60.7 Å². The van der Waals surface area contributed by atoms with E-state index < -0.39 is 0 Å². The van der Waals surface area contributed by atoms with E-state index in [9.17, 15) is 10.1 Å². The minimum Gasteiger partial charge on any atom is -0.454 e. The molecule has 3 aromatic rings. The summed E-state index contributed by atoms with van der Waals surface area (Å²) in [5.74, 6) is 1.07. The van der Waals surface area contributed by atoms with Crippen LogP contribution >= 0.6 is 0 Å².